The molecule has 6 heteroatoms. The predicted octanol–water partition coefficient (Wildman–Crippen LogP) is 1.21. The Labute approximate surface area is 126 Å². The molecule has 6 nitrogen and oxygen atoms in total. The Morgan fingerprint density at radius 3 is 2.19 bits per heavy atom. The highest BCUT2D eigenvalue weighted by molar-refractivity contribution is 5.72. The average Bonchev–Trinajstić information content (AvgIpc) is 2.39. The quantitative estimate of drug-likeness (QED) is 0.730. The fraction of sp³-hybridized carbons (Fsp3) is 0.933. The minimum Gasteiger partial charge on any atom is -0.437 e. The molecule has 1 unspecified atom stereocenters. The van der Waals surface area contributed by atoms with Crippen LogP contribution in [-0.2, 0) is 4.74 Å². The normalized spacial score (nSPS) is 33.3. The average molecular weight is 300 g/mol. The maximum Gasteiger partial charge on any atom is 0.412 e. The zero-order valence-electron chi connectivity index (χ0n) is 13.7. The van der Waals surface area contributed by atoms with Crippen LogP contribution in [0.5, 0.6) is 0 Å². The first-order valence-electron chi connectivity index (χ1n) is 7.58. The number of carbonyl (C=O) groups is 1. The van der Waals surface area contributed by atoms with Gasteiger partial charge in [-0.1, -0.05) is 0 Å². The van der Waals surface area contributed by atoms with Crippen LogP contribution in [0.1, 0.15) is 53.9 Å². The second-order valence-electron chi connectivity index (χ2n) is 7.86. The smallest absolute Gasteiger partial charge is 0.412 e. The number of rotatable bonds is 3. The summed E-state index contributed by atoms with van der Waals surface area (Å²) < 4.78 is 5.70. The van der Waals surface area contributed by atoms with Crippen molar-refractivity contribution in [2.75, 3.05) is 13.2 Å². The van der Waals surface area contributed by atoms with E-state index in [0.29, 0.717) is 25.8 Å². The van der Waals surface area contributed by atoms with Gasteiger partial charge < -0.3 is 20.3 Å². The van der Waals surface area contributed by atoms with Gasteiger partial charge in [-0.15, -0.1) is 0 Å². The summed E-state index contributed by atoms with van der Waals surface area (Å²) in [7, 11) is 0. The molecule has 2 aliphatic rings. The molecule has 1 amide bonds. The molecule has 3 N–H and O–H groups in total. The molecule has 0 aliphatic carbocycles. The minimum atomic E-state index is -1.38. The maximum absolute atomic E-state index is 12.2. The van der Waals surface area contributed by atoms with Crippen molar-refractivity contribution in [3.63, 3.8) is 0 Å². The summed E-state index contributed by atoms with van der Waals surface area (Å²) in [6.45, 7) is 10.1. The third kappa shape index (κ3) is 2.76. The van der Waals surface area contributed by atoms with Crippen LogP contribution in [0.25, 0.3) is 0 Å². The predicted molar refractivity (Wildman–Crippen MR) is 78.8 cm³/mol. The molecule has 1 atom stereocenters. The Morgan fingerprint density at radius 1 is 1.19 bits per heavy atom. The Balaban J connectivity index is 2.36. The molecule has 2 fully saturated rings. The van der Waals surface area contributed by atoms with Crippen LogP contribution < -0.4 is 5.32 Å². The van der Waals surface area contributed by atoms with Crippen LogP contribution in [0, 0.1) is 0 Å². The Morgan fingerprint density at radius 2 is 1.71 bits per heavy atom. The summed E-state index contributed by atoms with van der Waals surface area (Å²) in [5.74, 6) is 0. The number of hydrogen-bond donors (Lipinski definition) is 3. The molecular weight excluding hydrogens is 272 g/mol. The van der Waals surface area contributed by atoms with Gasteiger partial charge >= 0.3 is 6.09 Å². The third-order valence-electron chi connectivity index (χ3n) is 4.56. The zero-order valence-corrected chi connectivity index (χ0v) is 13.7. The molecule has 0 aromatic heterocycles. The van der Waals surface area contributed by atoms with Gasteiger partial charge in [0.15, 0.2) is 11.3 Å². The van der Waals surface area contributed by atoms with Crippen molar-refractivity contribution in [2.24, 2.45) is 0 Å². The lowest BCUT2D eigenvalue weighted by Crippen LogP contribution is -2.70. The summed E-state index contributed by atoms with van der Waals surface area (Å²) in [6.07, 6.45) is 1.00. The van der Waals surface area contributed by atoms with E-state index >= 15 is 0 Å². The van der Waals surface area contributed by atoms with E-state index in [2.05, 4.69) is 33.0 Å². The van der Waals surface area contributed by atoms with Crippen LogP contribution in [0.3, 0.4) is 0 Å². The number of carbonyl (C=O) groups excluding carboxylic acids is 1. The SMILES string of the molecule is CC1(C)CC2(CC(C)(C)N1)OC(=O)N(CCCO)C2(C)O. The number of nitrogens with one attached hydrogen (secondary N) is 1. The van der Waals surface area contributed by atoms with Crippen LogP contribution in [0.2, 0.25) is 0 Å². The highest BCUT2D eigenvalue weighted by Crippen LogP contribution is 2.50. The number of aliphatic hydroxyl groups is 2. The standard InChI is InChI=1S/C15H28N2O4/c1-12(2)9-15(10-13(3,4)16-12)14(5,20)17(7-6-8-18)11(19)21-15/h16,18,20H,6-10H2,1-5H3. The summed E-state index contributed by atoms with van der Waals surface area (Å²) in [6, 6.07) is 0. The first kappa shape index (κ1) is 16.5. The van der Waals surface area contributed by atoms with Crippen molar-refractivity contribution in [1.82, 2.24) is 10.2 Å². The molecule has 21 heavy (non-hydrogen) atoms. The number of piperidine rings is 1. The Kier molecular flexibility index (Phi) is 3.80. The van der Waals surface area contributed by atoms with Gasteiger partial charge in [0.25, 0.3) is 0 Å². The Bertz CT molecular complexity index is 415. The Hall–Kier alpha value is -0.850. The molecule has 0 aromatic rings. The fourth-order valence-corrected chi connectivity index (χ4v) is 4.18. The fourth-order valence-electron chi connectivity index (χ4n) is 4.18. The lowest BCUT2D eigenvalue weighted by atomic mass is 9.68. The number of amides is 1. The topological polar surface area (TPSA) is 82.0 Å². The second-order valence-corrected chi connectivity index (χ2v) is 7.86. The zero-order chi connectivity index (χ0) is 16.1. The van der Waals surface area contributed by atoms with Crippen molar-refractivity contribution in [1.29, 1.82) is 0 Å². The van der Waals surface area contributed by atoms with Crippen LogP contribution in [-0.4, -0.2) is 56.8 Å². The first-order valence-corrected chi connectivity index (χ1v) is 7.58. The van der Waals surface area contributed by atoms with Crippen LogP contribution in [0.15, 0.2) is 0 Å². The number of nitrogens with zero attached hydrogens (tertiary/aromatic N) is 1. The molecule has 1 spiro atoms. The first-order chi connectivity index (χ1) is 9.45. The van der Waals surface area contributed by atoms with Crippen LogP contribution >= 0.6 is 0 Å². The molecule has 0 bridgehead atoms. The highest BCUT2D eigenvalue weighted by Gasteiger charge is 2.66. The largest absolute Gasteiger partial charge is 0.437 e. The molecule has 2 heterocycles. The van der Waals surface area contributed by atoms with Crippen LogP contribution in [0.4, 0.5) is 4.79 Å². The number of ether oxygens (including phenoxy) is 1. The van der Waals surface area contributed by atoms with E-state index in [4.69, 9.17) is 9.84 Å². The third-order valence-corrected chi connectivity index (χ3v) is 4.56. The molecule has 0 saturated carbocycles. The van der Waals surface area contributed by atoms with Crippen molar-refractivity contribution in [3.8, 4) is 0 Å². The molecule has 122 valence electrons. The van der Waals surface area contributed by atoms with Crippen molar-refractivity contribution >= 4 is 6.09 Å². The summed E-state index contributed by atoms with van der Waals surface area (Å²) in [4.78, 5) is 13.6. The minimum absolute atomic E-state index is 0.0224. The van der Waals surface area contributed by atoms with Gasteiger partial charge in [0.1, 0.15) is 0 Å². The maximum atomic E-state index is 12.2. The molecule has 0 aromatic carbocycles. The van der Waals surface area contributed by atoms with E-state index in [9.17, 15) is 9.90 Å². The van der Waals surface area contributed by atoms with Gasteiger partial charge in [0.2, 0.25) is 0 Å². The molecule has 2 aliphatic heterocycles. The van der Waals surface area contributed by atoms with E-state index < -0.39 is 17.4 Å². The molecule has 0 radical (unpaired) electrons. The van der Waals surface area contributed by atoms with Gasteiger partial charge in [-0.25, -0.2) is 4.79 Å². The van der Waals surface area contributed by atoms with E-state index in [-0.39, 0.29) is 17.7 Å². The molecule has 2 saturated heterocycles. The lowest BCUT2D eigenvalue weighted by Gasteiger charge is -2.54. The molecular formula is C15H28N2O4. The van der Waals surface area contributed by atoms with E-state index in [1.807, 2.05) is 0 Å². The summed E-state index contributed by atoms with van der Waals surface area (Å²) in [5, 5.41) is 23.6. The summed E-state index contributed by atoms with van der Waals surface area (Å²) in [5.41, 5.74) is -2.81. The number of aliphatic hydroxyl groups excluding tert-OH is 1. The van der Waals surface area contributed by atoms with Crippen molar-refractivity contribution < 1.29 is 19.7 Å². The van der Waals surface area contributed by atoms with E-state index in [0.717, 1.165) is 0 Å². The van der Waals surface area contributed by atoms with E-state index in [1.165, 1.54) is 4.90 Å². The van der Waals surface area contributed by atoms with Gasteiger partial charge in [-0.2, -0.15) is 0 Å². The van der Waals surface area contributed by atoms with Crippen molar-refractivity contribution in [3.05, 3.63) is 0 Å². The van der Waals surface area contributed by atoms with Gasteiger partial charge in [0, 0.05) is 37.1 Å². The van der Waals surface area contributed by atoms with E-state index in [1.54, 1.807) is 6.92 Å². The van der Waals surface area contributed by atoms with Gasteiger partial charge in [-0.3, -0.25) is 4.90 Å². The van der Waals surface area contributed by atoms with Gasteiger partial charge in [0.05, 0.1) is 0 Å². The lowest BCUT2D eigenvalue weighted by molar-refractivity contribution is -0.180. The second kappa shape index (κ2) is 4.83. The molecule has 2 rings (SSSR count). The highest BCUT2D eigenvalue weighted by atomic mass is 16.6. The number of hydrogen-bond acceptors (Lipinski definition) is 5. The van der Waals surface area contributed by atoms with Crippen molar-refractivity contribution in [2.45, 2.75) is 76.3 Å². The monoisotopic (exact) mass is 300 g/mol. The van der Waals surface area contributed by atoms with Gasteiger partial charge in [-0.05, 0) is 41.0 Å². The summed E-state index contributed by atoms with van der Waals surface area (Å²) >= 11 is 0.